The largest absolute Gasteiger partial charge is 0.496 e. The van der Waals surface area contributed by atoms with Crippen molar-refractivity contribution in [2.75, 3.05) is 12.4 Å². The first-order valence-corrected chi connectivity index (χ1v) is 7.17. The monoisotopic (exact) mass is 365 g/mol. The van der Waals surface area contributed by atoms with Crippen LogP contribution in [-0.2, 0) is 0 Å². The van der Waals surface area contributed by atoms with Crippen LogP contribution >= 0.6 is 28.1 Å². The van der Waals surface area contributed by atoms with E-state index in [1.807, 2.05) is 6.07 Å². The molecule has 0 bridgehead atoms. The second-order valence-corrected chi connectivity index (χ2v) is 5.29. The zero-order chi connectivity index (χ0) is 15.2. The number of thiocarbonyl (C=S) groups is 1. The minimum Gasteiger partial charge on any atom is -0.496 e. The van der Waals surface area contributed by atoms with E-state index in [0.29, 0.717) is 17.1 Å². The molecule has 2 N–H and O–H groups in total. The maximum atomic E-state index is 12.1. The maximum Gasteiger partial charge on any atom is 0.261 e. The molecule has 108 valence electrons. The van der Waals surface area contributed by atoms with E-state index in [9.17, 15) is 4.79 Å². The molecule has 1 heterocycles. The van der Waals surface area contributed by atoms with Gasteiger partial charge in [0.15, 0.2) is 5.11 Å². The van der Waals surface area contributed by atoms with Gasteiger partial charge in [-0.3, -0.25) is 10.1 Å². The van der Waals surface area contributed by atoms with Crippen LogP contribution in [0.5, 0.6) is 5.75 Å². The molecular formula is C14H12BrN3O2S. The number of carbonyl (C=O) groups is 1. The molecule has 0 fully saturated rings. The van der Waals surface area contributed by atoms with Crippen LogP contribution in [0.25, 0.3) is 0 Å². The molecule has 2 aromatic rings. The highest BCUT2D eigenvalue weighted by Crippen LogP contribution is 2.17. The van der Waals surface area contributed by atoms with Gasteiger partial charge in [0.2, 0.25) is 0 Å². The van der Waals surface area contributed by atoms with Crippen molar-refractivity contribution in [1.82, 2.24) is 10.3 Å². The lowest BCUT2D eigenvalue weighted by Crippen LogP contribution is -2.34. The second kappa shape index (κ2) is 7.14. The van der Waals surface area contributed by atoms with E-state index in [4.69, 9.17) is 17.0 Å². The number of para-hydroxylation sites is 1. The van der Waals surface area contributed by atoms with E-state index in [1.54, 1.807) is 36.5 Å². The molecule has 0 saturated heterocycles. The summed E-state index contributed by atoms with van der Waals surface area (Å²) in [7, 11) is 1.51. The molecule has 0 radical (unpaired) electrons. The maximum absolute atomic E-state index is 12.1. The number of rotatable bonds is 3. The lowest BCUT2D eigenvalue weighted by atomic mass is 10.2. The summed E-state index contributed by atoms with van der Waals surface area (Å²) >= 11 is 8.38. The summed E-state index contributed by atoms with van der Waals surface area (Å²) in [6.07, 6.45) is 1.63. The van der Waals surface area contributed by atoms with E-state index >= 15 is 0 Å². The average molecular weight is 366 g/mol. The van der Waals surface area contributed by atoms with Crippen LogP contribution in [0.2, 0.25) is 0 Å². The number of halogens is 1. The van der Waals surface area contributed by atoms with Crippen molar-refractivity contribution in [2.24, 2.45) is 0 Å². The molecular weight excluding hydrogens is 354 g/mol. The van der Waals surface area contributed by atoms with Gasteiger partial charge in [0.25, 0.3) is 5.91 Å². The van der Waals surface area contributed by atoms with Crippen LogP contribution in [0, 0.1) is 0 Å². The summed E-state index contributed by atoms with van der Waals surface area (Å²) in [4.78, 5) is 16.2. The van der Waals surface area contributed by atoms with E-state index in [2.05, 4.69) is 31.5 Å². The van der Waals surface area contributed by atoms with Crippen LogP contribution in [0.15, 0.2) is 47.1 Å². The molecule has 0 aliphatic heterocycles. The predicted octanol–water partition coefficient (Wildman–Crippen LogP) is 2.98. The molecule has 0 aliphatic rings. The number of benzene rings is 1. The highest BCUT2D eigenvalue weighted by atomic mass is 79.9. The zero-order valence-electron chi connectivity index (χ0n) is 11.1. The van der Waals surface area contributed by atoms with Crippen molar-refractivity contribution < 1.29 is 9.53 Å². The fraction of sp³-hybridized carbons (Fsp3) is 0.0714. The smallest absolute Gasteiger partial charge is 0.261 e. The Morgan fingerprint density at radius 1 is 1.29 bits per heavy atom. The van der Waals surface area contributed by atoms with Crippen molar-refractivity contribution in [2.45, 2.75) is 0 Å². The number of methoxy groups -OCH3 is 1. The Balaban J connectivity index is 2.02. The molecule has 2 rings (SSSR count). The molecule has 21 heavy (non-hydrogen) atoms. The van der Waals surface area contributed by atoms with E-state index in [1.165, 1.54) is 7.11 Å². The minimum absolute atomic E-state index is 0.167. The second-order valence-electron chi connectivity index (χ2n) is 3.97. The molecule has 0 spiro atoms. The van der Waals surface area contributed by atoms with Crippen molar-refractivity contribution >= 4 is 45.0 Å². The summed E-state index contributed by atoms with van der Waals surface area (Å²) in [5.74, 6) is 0.685. The number of hydrogen-bond donors (Lipinski definition) is 2. The van der Waals surface area contributed by atoms with Gasteiger partial charge in [-0.05, 0) is 52.4 Å². The van der Waals surface area contributed by atoms with Gasteiger partial charge in [-0.25, -0.2) is 4.98 Å². The third-order valence-corrected chi connectivity index (χ3v) is 3.22. The summed E-state index contributed by atoms with van der Waals surface area (Å²) in [5, 5.41) is 5.59. The van der Waals surface area contributed by atoms with Gasteiger partial charge in [0.1, 0.15) is 11.6 Å². The fourth-order valence-corrected chi connectivity index (χ4v) is 2.03. The number of carbonyl (C=O) groups excluding carboxylic acids is 1. The van der Waals surface area contributed by atoms with Gasteiger partial charge < -0.3 is 10.1 Å². The molecule has 1 amide bonds. The van der Waals surface area contributed by atoms with Crippen molar-refractivity contribution in [3.8, 4) is 5.75 Å². The topological polar surface area (TPSA) is 63.2 Å². The van der Waals surface area contributed by atoms with Crippen molar-refractivity contribution in [1.29, 1.82) is 0 Å². The number of pyridine rings is 1. The molecule has 0 atom stereocenters. The Morgan fingerprint density at radius 2 is 2.05 bits per heavy atom. The van der Waals surface area contributed by atoms with Crippen LogP contribution < -0.4 is 15.4 Å². The van der Waals surface area contributed by atoms with Gasteiger partial charge in [-0.1, -0.05) is 12.1 Å². The first-order valence-electron chi connectivity index (χ1n) is 5.97. The third kappa shape index (κ3) is 4.24. The first-order chi connectivity index (χ1) is 10.1. The quantitative estimate of drug-likeness (QED) is 0.818. The highest BCUT2D eigenvalue weighted by Gasteiger charge is 2.12. The number of ether oxygens (including phenoxy) is 1. The highest BCUT2D eigenvalue weighted by molar-refractivity contribution is 9.10. The third-order valence-electron chi connectivity index (χ3n) is 2.55. The van der Waals surface area contributed by atoms with E-state index < -0.39 is 0 Å². The molecule has 1 aromatic heterocycles. The van der Waals surface area contributed by atoms with E-state index in [-0.39, 0.29) is 11.0 Å². The summed E-state index contributed by atoms with van der Waals surface area (Å²) in [5.41, 5.74) is 0.410. The Kier molecular flexibility index (Phi) is 5.24. The van der Waals surface area contributed by atoms with E-state index in [0.717, 1.165) is 4.47 Å². The van der Waals surface area contributed by atoms with Gasteiger partial charge in [-0.15, -0.1) is 0 Å². The molecule has 1 aromatic carbocycles. The molecule has 7 heteroatoms. The number of aromatic nitrogens is 1. The molecule has 0 unspecified atom stereocenters. The summed E-state index contributed by atoms with van der Waals surface area (Å²) in [6.45, 7) is 0. The first kappa shape index (κ1) is 15.4. The normalized spacial score (nSPS) is 9.81. The van der Waals surface area contributed by atoms with Crippen LogP contribution in [-0.4, -0.2) is 23.1 Å². The lowest BCUT2D eigenvalue weighted by Gasteiger charge is -2.11. The number of nitrogens with zero attached hydrogens (tertiary/aromatic N) is 1. The Bertz CT molecular complexity index is 662. The van der Waals surface area contributed by atoms with Crippen LogP contribution in [0.3, 0.4) is 0 Å². The number of anilines is 1. The van der Waals surface area contributed by atoms with Gasteiger partial charge in [-0.2, -0.15) is 0 Å². The SMILES string of the molecule is COc1ccccc1C(=O)NC(=S)Nc1ccc(Br)cn1. The fourth-order valence-electron chi connectivity index (χ4n) is 1.60. The Morgan fingerprint density at radius 3 is 2.71 bits per heavy atom. The van der Waals surface area contributed by atoms with Gasteiger partial charge in [0.05, 0.1) is 12.7 Å². The minimum atomic E-state index is -0.345. The van der Waals surface area contributed by atoms with Gasteiger partial charge in [0, 0.05) is 10.7 Å². The van der Waals surface area contributed by atoms with Crippen LogP contribution in [0.4, 0.5) is 5.82 Å². The molecule has 5 nitrogen and oxygen atoms in total. The zero-order valence-corrected chi connectivity index (χ0v) is 13.5. The standard InChI is InChI=1S/C14H12BrN3O2S/c1-20-11-5-3-2-4-10(11)13(19)18-14(21)17-12-7-6-9(15)8-16-12/h2-8H,1H3,(H2,16,17,18,19,21). The summed E-state index contributed by atoms with van der Waals surface area (Å²) in [6, 6.07) is 10.5. The number of nitrogens with one attached hydrogen (secondary N) is 2. The van der Waals surface area contributed by atoms with Crippen molar-refractivity contribution in [3.05, 3.63) is 52.6 Å². The molecule has 0 saturated carbocycles. The average Bonchev–Trinajstić information content (AvgIpc) is 2.49. The Labute approximate surface area is 135 Å². The van der Waals surface area contributed by atoms with Crippen molar-refractivity contribution in [3.63, 3.8) is 0 Å². The number of hydrogen-bond acceptors (Lipinski definition) is 4. The predicted molar refractivity (Wildman–Crippen MR) is 88.6 cm³/mol. The van der Waals surface area contributed by atoms with Gasteiger partial charge >= 0.3 is 0 Å². The Hall–Kier alpha value is -1.99. The van der Waals surface area contributed by atoms with Crippen LogP contribution in [0.1, 0.15) is 10.4 Å². The lowest BCUT2D eigenvalue weighted by molar-refractivity contribution is 0.0975. The number of amides is 1. The molecule has 0 aliphatic carbocycles. The summed E-state index contributed by atoms with van der Waals surface area (Å²) < 4.78 is 6.00.